The van der Waals surface area contributed by atoms with Gasteiger partial charge in [0.1, 0.15) is 12.3 Å². The Bertz CT molecular complexity index is 1150. The summed E-state index contributed by atoms with van der Waals surface area (Å²) >= 11 is 0. The molecule has 0 aliphatic carbocycles. The summed E-state index contributed by atoms with van der Waals surface area (Å²) in [7, 11) is -2.47. The van der Waals surface area contributed by atoms with Crippen LogP contribution in [0.15, 0.2) is 83.8 Å². The predicted octanol–water partition coefficient (Wildman–Crippen LogP) is 4.65. The number of hydrogen-bond donors (Lipinski definition) is 1. The van der Waals surface area contributed by atoms with Crippen LogP contribution in [0, 0.1) is 0 Å². The molecule has 0 unspecified atom stereocenters. The van der Waals surface area contributed by atoms with Gasteiger partial charge in [-0.05, 0) is 41.8 Å². The average Bonchev–Trinajstić information content (AvgIpc) is 2.78. The minimum atomic E-state index is -3.98. The maximum absolute atomic E-state index is 13.4. The molecule has 0 saturated heterocycles. The second-order valence-corrected chi connectivity index (χ2v) is 9.18. The highest BCUT2D eigenvalue weighted by Crippen LogP contribution is 2.28. The van der Waals surface area contributed by atoms with Crippen LogP contribution in [0.2, 0.25) is 0 Å². The van der Waals surface area contributed by atoms with Gasteiger partial charge >= 0.3 is 0 Å². The van der Waals surface area contributed by atoms with Crippen LogP contribution >= 0.6 is 0 Å². The van der Waals surface area contributed by atoms with Crippen molar-refractivity contribution in [2.45, 2.75) is 24.7 Å². The van der Waals surface area contributed by atoms with Crippen LogP contribution in [0.25, 0.3) is 0 Å². The number of rotatable bonds is 8. The Balaban J connectivity index is 1.96. The zero-order valence-electron chi connectivity index (χ0n) is 17.8. The Kier molecular flexibility index (Phi) is 6.97. The van der Waals surface area contributed by atoms with E-state index < -0.39 is 15.9 Å². The van der Waals surface area contributed by atoms with Crippen LogP contribution in [0.5, 0.6) is 5.75 Å². The first kappa shape index (κ1) is 22.4. The summed E-state index contributed by atoms with van der Waals surface area (Å²) in [6, 6.07) is 22.2. The van der Waals surface area contributed by atoms with E-state index in [9.17, 15) is 13.2 Å². The Morgan fingerprint density at radius 3 is 2.32 bits per heavy atom. The number of ether oxygens (including phenoxy) is 1. The third-order valence-electron chi connectivity index (χ3n) is 4.82. The van der Waals surface area contributed by atoms with Gasteiger partial charge in [0.15, 0.2) is 0 Å². The minimum absolute atomic E-state index is 0.105. The number of carbonyl (C=O) groups is 1. The molecule has 3 aromatic carbocycles. The van der Waals surface area contributed by atoms with Crippen molar-refractivity contribution in [2.24, 2.45) is 0 Å². The van der Waals surface area contributed by atoms with Gasteiger partial charge in [0.05, 0.1) is 17.7 Å². The number of methoxy groups -OCH3 is 1. The van der Waals surface area contributed by atoms with Gasteiger partial charge in [-0.15, -0.1) is 0 Å². The summed E-state index contributed by atoms with van der Waals surface area (Å²) in [5.74, 6) is 0.269. The molecule has 0 aromatic heterocycles. The number of hydrogen-bond acceptors (Lipinski definition) is 4. The summed E-state index contributed by atoms with van der Waals surface area (Å²) in [5.41, 5.74) is 2.00. The molecule has 162 valence electrons. The molecular weight excluding hydrogens is 412 g/mol. The molecule has 0 spiro atoms. The highest BCUT2D eigenvalue weighted by Gasteiger charge is 2.27. The Morgan fingerprint density at radius 2 is 1.65 bits per heavy atom. The van der Waals surface area contributed by atoms with Gasteiger partial charge in [0.2, 0.25) is 5.91 Å². The van der Waals surface area contributed by atoms with E-state index in [1.165, 1.54) is 19.2 Å². The Labute approximate surface area is 183 Å². The van der Waals surface area contributed by atoms with Crippen molar-refractivity contribution in [1.82, 2.24) is 0 Å². The minimum Gasteiger partial charge on any atom is -0.497 e. The lowest BCUT2D eigenvalue weighted by molar-refractivity contribution is -0.114. The van der Waals surface area contributed by atoms with E-state index in [0.717, 1.165) is 9.87 Å². The van der Waals surface area contributed by atoms with E-state index in [2.05, 4.69) is 5.32 Å². The van der Waals surface area contributed by atoms with E-state index in [4.69, 9.17) is 4.74 Å². The molecule has 3 aromatic rings. The van der Waals surface area contributed by atoms with Gasteiger partial charge < -0.3 is 10.1 Å². The van der Waals surface area contributed by atoms with Crippen molar-refractivity contribution in [1.29, 1.82) is 0 Å². The molecule has 31 heavy (non-hydrogen) atoms. The summed E-state index contributed by atoms with van der Waals surface area (Å²) in [6.07, 6.45) is 0. The van der Waals surface area contributed by atoms with Crippen molar-refractivity contribution >= 4 is 27.3 Å². The van der Waals surface area contributed by atoms with E-state index in [1.807, 2.05) is 38.1 Å². The van der Waals surface area contributed by atoms with Gasteiger partial charge in [0, 0.05) is 11.8 Å². The lowest BCUT2D eigenvalue weighted by Crippen LogP contribution is -2.38. The van der Waals surface area contributed by atoms with E-state index >= 15 is 0 Å². The first-order chi connectivity index (χ1) is 14.8. The number of nitrogens with one attached hydrogen (secondary N) is 1. The van der Waals surface area contributed by atoms with Gasteiger partial charge in [-0.1, -0.05) is 56.3 Å². The standard InChI is InChI=1S/C24H26N2O4S/c1-18(2)22-14-7-8-15-23(22)25-24(27)17-26(19-10-9-11-20(16-19)30-3)31(28,29)21-12-5-4-6-13-21/h4-16,18H,17H2,1-3H3,(H,25,27). The summed E-state index contributed by atoms with van der Waals surface area (Å²) in [4.78, 5) is 13.1. The molecule has 0 radical (unpaired) electrons. The second-order valence-electron chi connectivity index (χ2n) is 7.32. The van der Waals surface area contributed by atoms with Crippen molar-refractivity contribution in [3.05, 3.63) is 84.4 Å². The van der Waals surface area contributed by atoms with Gasteiger partial charge in [-0.25, -0.2) is 8.42 Å². The number of amides is 1. The molecule has 6 nitrogen and oxygen atoms in total. The number of nitrogens with zero attached hydrogens (tertiary/aromatic N) is 1. The van der Waals surface area contributed by atoms with Crippen molar-refractivity contribution in [3.63, 3.8) is 0 Å². The molecule has 0 heterocycles. The fraction of sp³-hybridized carbons (Fsp3) is 0.208. The number of sulfonamides is 1. The van der Waals surface area contributed by atoms with Crippen LogP contribution in [0.3, 0.4) is 0 Å². The zero-order chi connectivity index (χ0) is 22.4. The SMILES string of the molecule is COc1cccc(N(CC(=O)Nc2ccccc2C(C)C)S(=O)(=O)c2ccccc2)c1. The molecule has 0 aliphatic heterocycles. The highest BCUT2D eigenvalue weighted by molar-refractivity contribution is 7.92. The largest absolute Gasteiger partial charge is 0.497 e. The Morgan fingerprint density at radius 1 is 0.968 bits per heavy atom. The summed E-state index contributed by atoms with van der Waals surface area (Å²) < 4.78 is 33.1. The molecular formula is C24H26N2O4S. The van der Waals surface area contributed by atoms with Gasteiger partial charge in [-0.2, -0.15) is 0 Å². The molecule has 0 saturated carbocycles. The molecule has 7 heteroatoms. The first-order valence-corrected chi connectivity index (χ1v) is 11.4. The monoisotopic (exact) mass is 438 g/mol. The number of para-hydroxylation sites is 1. The van der Waals surface area contributed by atoms with E-state index in [1.54, 1.807) is 42.5 Å². The third kappa shape index (κ3) is 5.24. The maximum Gasteiger partial charge on any atom is 0.264 e. The highest BCUT2D eigenvalue weighted by atomic mass is 32.2. The molecule has 3 rings (SSSR count). The normalized spacial score (nSPS) is 11.2. The van der Waals surface area contributed by atoms with Crippen molar-refractivity contribution in [3.8, 4) is 5.75 Å². The molecule has 1 amide bonds. The maximum atomic E-state index is 13.4. The van der Waals surface area contributed by atoms with Crippen molar-refractivity contribution < 1.29 is 17.9 Å². The third-order valence-corrected chi connectivity index (χ3v) is 6.60. The topological polar surface area (TPSA) is 75.7 Å². The lowest BCUT2D eigenvalue weighted by Gasteiger charge is -2.25. The van der Waals surface area contributed by atoms with Crippen LogP contribution in [-0.4, -0.2) is 28.0 Å². The van der Waals surface area contributed by atoms with Gasteiger partial charge in [0.25, 0.3) is 10.0 Å². The van der Waals surface area contributed by atoms with Gasteiger partial charge in [-0.3, -0.25) is 9.10 Å². The zero-order valence-corrected chi connectivity index (χ0v) is 18.6. The molecule has 0 aliphatic rings. The average molecular weight is 439 g/mol. The molecule has 1 N–H and O–H groups in total. The second kappa shape index (κ2) is 9.66. The number of anilines is 2. The predicted molar refractivity (Wildman–Crippen MR) is 123 cm³/mol. The van der Waals surface area contributed by atoms with E-state index in [0.29, 0.717) is 17.1 Å². The number of carbonyl (C=O) groups excluding carboxylic acids is 1. The smallest absolute Gasteiger partial charge is 0.264 e. The first-order valence-electron chi connectivity index (χ1n) is 9.93. The fourth-order valence-corrected chi connectivity index (χ4v) is 4.67. The van der Waals surface area contributed by atoms with Crippen molar-refractivity contribution in [2.75, 3.05) is 23.3 Å². The number of benzene rings is 3. The quantitative estimate of drug-likeness (QED) is 0.555. The Hall–Kier alpha value is -3.32. The molecule has 0 bridgehead atoms. The van der Waals surface area contributed by atoms with Crippen LogP contribution in [-0.2, 0) is 14.8 Å². The summed E-state index contributed by atoms with van der Waals surface area (Å²) in [6.45, 7) is 3.69. The molecule has 0 atom stereocenters. The van der Waals surface area contributed by atoms with Crippen LogP contribution in [0.1, 0.15) is 25.3 Å². The van der Waals surface area contributed by atoms with E-state index in [-0.39, 0.29) is 17.4 Å². The van der Waals surface area contributed by atoms with Crippen LogP contribution in [0.4, 0.5) is 11.4 Å². The lowest BCUT2D eigenvalue weighted by atomic mass is 10.0. The fourth-order valence-electron chi connectivity index (χ4n) is 3.23. The molecule has 0 fully saturated rings. The summed E-state index contributed by atoms with van der Waals surface area (Å²) in [5, 5.41) is 2.87. The van der Waals surface area contributed by atoms with Crippen LogP contribution < -0.4 is 14.4 Å².